The van der Waals surface area contributed by atoms with E-state index in [1.807, 2.05) is 19.9 Å². The predicted octanol–water partition coefficient (Wildman–Crippen LogP) is 1.50. The zero-order chi connectivity index (χ0) is 12.1. The van der Waals surface area contributed by atoms with E-state index < -0.39 is 0 Å². The summed E-state index contributed by atoms with van der Waals surface area (Å²) in [6.45, 7) is 4.44. The van der Waals surface area contributed by atoms with Gasteiger partial charge in [0.05, 0.1) is 5.69 Å². The average Bonchev–Trinajstić information content (AvgIpc) is 2.25. The van der Waals surface area contributed by atoms with E-state index in [1.165, 1.54) is 0 Å². The number of ether oxygens (including phenoxy) is 1. The molecular weight excluding hydrogens is 202 g/mol. The molecule has 0 aliphatic carbocycles. The molecule has 0 radical (unpaired) electrons. The van der Waals surface area contributed by atoms with E-state index in [0.29, 0.717) is 29.5 Å². The molecule has 0 aromatic heterocycles. The van der Waals surface area contributed by atoms with Crippen LogP contribution in [0, 0.1) is 17.2 Å². The Balaban J connectivity index is 2.75. The van der Waals surface area contributed by atoms with Crippen molar-refractivity contribution in [3.63, 3.8) is 0 Å². The summed E-state index contributed by atoms with van der Waals surface area (Å²) < 4.78 is 5.50. The summed E-state index contributed by atoms with van der Waals surface area (Å²) in [6, 6.07) is 7.13. The maximum atomic E-state index is 8.93. The van der Waals surface area contributed by atoms with Gasteiger partial charge in [0.2, 0.25) is 0 Å². The van der Waals surface area contributed by atoms with Gasteiger partial charge in [-0.2, -0.15) is 5.26 Å². The molecule has 4 heteroatoms. The van der Waals surface area contributed by atoms with Crippen molar-refractivity contribution in [1.82, 2.24) is 0 Å². The Morgan fingerprint density at radius 2 is 2.12 bits per heavy atom. The number of hydrogen-bond acceptors (Lipinski definition) is 4. The second-order valence-electron chi connectivity index (χ2n) is 4.05. The van der Waals surface area contributed by atoms with E-state index in [0.717, 1.165) is 0 Å². The molecule has 0 saturated carbocycles. The van der Waals surface area contributed by atoms with Crippen LogP contribution in [0.15, 0.2) is 18.2 Å². The molecule has 1 atom stereocenters. The standard InChI is InChI=1S/C12H17N3O/c1-8(2)11(15)7-16-12-5-3-4-10(14)9(12)6-13/h3-5,8,11H,7,14-15H2,1-2H3/t11-/m1/s1. The Bertz CT molecular complexity index is 396. The van der Waals surface area contributed by atoms with Crippen molar-refractivity contribution in [2.75, 3.05) is 12.3 Å². The van der Waals surface area contributed by atoms with E-state index in [1.54, 1.807) is 18.2 Å². The lowest BCUT2D eigenvalue weighted by Gasteiger charge is -2.17. The van der Waals surface area contributed by atoms with Gasteiger partial charge in [0.15, 0.2) is 0 Å². The first-order valence-corrected chi connectivity index (χ1v) is 5.23. The third-order valence-electron chi connectivity index (χ3n) is 2.46. The molecule has 4 N–H and O–H groups in total. The minimum absolute atomic E-state index is 0.0482. The van der Waals surface area contributed by atoms with Crippen molar-refractivity contribution in [1.29, 1.82) is 5.26 Å². The van der Waals surface area contributed by atoms with Crippen molar-refractivity contribution in [2.24, 2.45) is 11.7 Å². The van der Waals surface area contributed by atoms with Crippen molar-refractivity contribution in [3.8, 4) is 11.8 Å². The molecule has 0 bridgehead atoms. The summed E-state index contributed by atoms with van der Waals surface area (Å²) in [6.07, 6.45) is 0. The van der Waals surface area contributed by atoms with Gasteiger partial charge in [-0.05, 0) is 18.1 Å². The second-order valence-corrected chi connectivity index (χ2v) is 4.05. The molecule has 0 amide bonds. The zero-order valence-corrected chi connectivity index (χ0v) is 9.60. The molecule has 86 valence electrons. The van der Waals surface area contributed by atoms with Crippen LogP contribution in [-0.2, 0) is 0 Å². The number of nitrogens with two attached hydrogens (primary N) is 2. The molecule has 0 heterocycles. The highest BCUT2D eigenvalue weighted by molar-refractivity contribution is 5.60. The largest absolute Gasteiger partial charge is 0.490 e. The summed E-state index contributed by atoms with van der Waals surface area (Å²) in [5, 5.41) is 8.93. The molecule has 1 aromatic rings. The molecule has 0 unspecified atom stereocenters. The first kappa shape index (κ1) is 12.3. The van der Waals surface area contributed by atoms with Gasteiger partial charge in [-0.25, -0.2) is 0 Å². The molecule has 1 rings (SSSR count). The Labute approximate surface area is 95.8 Å². The molecule has 0 spiro atoms. The molecule has 16 heavy (non-hydrogen) atoms. The first-order valence-electron chi connectivity index (χ1n) is 5.23. The Morgan fingerprint density at radius 3 is 2.69 bits per heavy atom. The fraction of sp³-hybridized carbons (Fsp3) is 0.417. The number of benzene rings is 1. The van der Waals surface area contributed by atoms with Crippen LogP contribution in [0.5, 0.6) is 5.75 Å². The van der Waals surface area contributed by atoms with Crippen LogP contribution in [0.25, 0.3) is 0 Å². The highest BCUT2D eigenvalue weighted by Crippen LogP contribution is 2.23. The number of nitriles is 1. The lowest BCUT2D eigenvalue weighted by Crippen LogP contribution is -2.33. The topological polar surface area (TPSA) is 85.1 Å². The smallest absolute Gasteiger partial charge is 0.139 e. The van der Waals surface area contributed by atoms with E-state index in [9.17, 15) is 0 Å². The highest BCUT2D eigenvalue weighted by atomic mass is 16.5. The molecule has 0 aliphatic heterocycles. The molecule has 0 fully saturated rings. The summed E-state index contributed by atoms with van der Waals surface area (Å²) in [7, 11) is 0. The quantitative estimate of drug-likeness (QED) is 0.751. The van der Waals surface area contributed by atoms with Gasteiger partial charge in [0.1, 0.15) is 24.0 Å². The summed E-state index contributed by atoms with van der Waals surface area (Å²) in [5.74, 6) is 0.838. The van der Waals surface area contributed by atoms with Crippen molar-refractivity contribution >= 4 is 5.69 Å². The van der Waals surface area contributed by atoms with Crippen LogP contribution in [0.4, 0.5) is 5.69 Å². The molecule has 0 saturated heterocycles. The van der Waals surface area contributed by atoms with E-state index in [4.69, 9.17) is 21.5 Å². The monoisotopic (exact) mass is 219 g/mol. The number of anilines is 1. The van der Waals surface area contributed by atoms with Gasteiger partial charge in [0, 0.05) is 6.04 Å². The van der Waals surface area contributed by atoms with Gasteiger partial charge < -0.3 is 16.2 Å². The molecule has 0 aliphatic rings. The maximum Gasteiger partial charge on any atom is 0.139 e. The van der Waals surface area contributed by atoms with Crippen molar-refractivity contribution in [3.05, 3.63) is 23.8 Å². The van der Waals surface area contributed by atoms with Gasteiger partial charge in [-0.1, -0.05) is 19.9 Å². The Hall–Kier alpha value is -1.73. The van der Waals surface area contributed by atoms with E-state index >= 15 is 0 Å². The number of rotatable bonds is 4. The lowest BCUT2D eigenvalue weighted by molar-refractivity contribution is 0.259. The number of nitrogen functional groups attached to an aromatic ring is 1. The van der Waals surface area contributed by atoms with E-state index in [-0.39, 0.29) is 6.04 Å². The molecule has 4 nitrogen and oxygen atoms in total. The van der Waals surface area contributed by atoms with Crippen LogP contribution < -0.4 is 16.2 Å². The summed E-state index contributed by atoms with van der Waals surface area (Å²) in [5.41, 5.74) is 12.3. The predicted molar refractivity (Wildman–Crippen MR) is 63.9 cm³/mol. The minimum atomic E-state index is -0.0482. The van der Waals surface area contributed by atoms with Gasteiger partial charge in [0.25, 0.3) is 0 Å². The molecular formula is C12H17N3O. The van der Waals surface area contributed by atoms with Gasteiger partial charge in [-0.15, -0.1) is 0 Å². The van der Waals surface area contributed by atoms with Crippen LogP contribution in [0.3, 0.4) is 0 Å². The second kappa shape index (κ2) is 5.38. The van der Waals surface area contributed by atoms with Crippen LogP contribution in [0.1, 0.15) is 19.4 Å². The zero-order valence-electron chi connectivity index (χ0n) is 9.60. The summed E-state index contributed by atoms with van der Waals surface area (Å²) >= 11 is 0. The Morgan fingerprint density at radius 1 is 1.44 bits per heavy atom. The van der Waals surface area contributed by atoms with Crippen LogP contribution in [-0.4, -0.2) is 12.6 Å². The Kier molecular flexibility index (Phi) is 4.15. The number of nitrogens with zero attached hydrogens (tertiary/aromatic N) is 1. The fourth-order valence-corrected chi connectivity index (χ4v) is 1.17. The third-order valence-corrected chi connectivity index (χ3v) is 2.46. The normalized spacial score (nSPS) is 12.2. The SMILES string of the molecule is CC(C)[C@H](N)COc1cccc(N)c1C#N. The molecule has 1 aromatic carbocycles. The van der Waals surface area contributed by atoms with Crippen molar-refractivity contribution < 1.29 is 4.74 Å². The highest BCUT2D eigenvalue weighted by Gasteiger charge is 2.11. The number of hydrogen-bond donors (Lipinski definition) is 2. The average molecular weight is 219 g/mol. The minimum Gasteiger partial charge on any atom is -0.490 e. The van der Waals surface area contributed by atoms with Crippen LogP contribution in [0.2, 0.25) is 0 Å². The maximum absolute atomic E-state index is 8.93. The van der Waals surface area contributed by atoms with Gasteiger partial charge in [-0.3, -0.25) is 0 Å². The van der Waals surface area contributed by atoms with E-state index in [2.05, 4.69) is 0 Å². The fourth-order valence-electron chi connectivity index (χ4n) is 1.17. The third kappa shape index (κ3) is 2.88. The lowest BCUT2D eigenvalue weighted by atomic mass is 10.1. The van der Waals surface area contributed by atoms with Crippen molar-refractivity contribution in [2.45, 2.75) is 19.9 Å². The van der Waals surface area contributed by atoms with Crippen LogP contribution >= 0.6 is 0 Å². The van der Waals surface area contributed by atoms with Gasteiger partial charge >= 0.3 is 0 Å². The summed E-state index contributed by atoms with van der Waals surface area (Å²) in [4.78, 5) is 0. The first-order chi connectivity index (χ1) is 7.56.